The Morgan fingerprint density at radius 3 is 2.45 bits per heavy atom. The van der Waals surface area contributed by atoms with Crippen LogP contribution in [0, 0.1) is 5.92 Å². The standard InChI is InChI=1S/C25H36N4O2/c1-28-21-14-8-7-13-20(21)24(29-17-9-2-3-10-18-29)27-23(25(28)31)26-22(30)16-15-19-11-5-4-6-12-19/h7-8,13-14,19,23H,2-6,9-12,15-18H2,1H3,(H,26,30). The Morgan fingerprint density at radius 1 is 1.03 bits per heavy atom. The second kappa shape index (κ2) is 10.3. The van der Waals surface area contributed by atoms with E-state index in [4.69, 9.17) is 4.99 Å². The summed E-state index contributed by atoms with van der Waals surface area (Å²) in [6.45, 7) is 1.88. The fourth-order valence-corrected chi connectivity index (χ4v) is 5.17. The van der Waals surface area contributed by atoms with E-state index in [0.29, 0.717) is 12.3 Å². The molecule has 1 atom stereocenters. The van der Waals surface area contributed by atoms with E-state index in [1.807, 2.05) is 24.3 Å². The number of para-hydroxylation sites is 1. The molecular formula is C25H36N4O2. The lowest BCUT2D eigenvalue weighted by Crippen LogP contribution is -2.46. The summed E-state index contributed by atoms with van der Waals surface area (Å²) in [5.74, 6) is 1.24. The van der Waals surface area contributed by atoms with Gasteiger partial charge in [-0.3, -0.25) is 9.59 Å². The minimum atomic E-state index is -0.866. The van der Waals surface area contributed by atoms with E-state index in [0.717, 1.165) is 49.4 Å². The van der Waals surface area contributed by atoms with Crippen LogP contribution in [0.15, 0.2) is 29.3 Å². The molecule has 1 N–H and O–H groups in total. The first-order valence-corrected chi connectivity index (χ1v) is 12.1. The fraction of sp³-hybridized carbons (Fsp3) is 0.640. The zero-order valence-electron chi connectivity index (χ0n) is 18.8. The third kappa shape index (κ3) is 5.28. The number of amides is 2. The number of amidine groups is 1. The molecule has 1 saturated carbocycles. The second-order valence-corrected chi connectivity index (χ2v) is 9.28. The van der Waals surface area contributed by atoms with Crippen molar-refractivity contribution in [2.75, 3.05) is 25.0 Å². The quantitative estimate of drug-likeness (QED) is 0.792. The smallest absolute Gasteiger partial charge is 0.272 e. The molecule has 1 aliphatic carbocycles. The van der Waals surface area contributed by atoms with Crippen molar-refractivity contribution < 1.29 is 9.59 Å². The molecule has 0 radical (unpaired) electrons. The van der Waals surface area contributed by atoms with Gasteiger partial charge in [0.1, 0.15) is 5.84 Å². The summed E-state index contributed by atoms with van der Waals surface area (Å²) in [4.78, 5) is 34.8. The number of nitrogens with one attached hydrogen (secondary N) is 1. The van der Waals surface area contributed by atoms with Crippen LogP contribution in [0.25, 0.3) is 0 Å². The molecule has 3 aliphatic rings. The predicted octanol–water partition coefficient (Wildman–Crippen LogP) is 4.09. The molecule has 1 aromatic carbocycles. The van der Waals surface area contributed by atoms with Crippen molar-refractivity contribution in [3.8, 4) is 0 Å². The largest absolute Gasteiger partial charge is 0.356 e. The van der Waals surface area contributed by atoms with Crippen LogP contribution in [0.1, 0.15) is 76.2 Å². The molecule has 1 aromatic rings. The van der Waals surface area contributed by atoms with E-state index < -0.39 is 6.17 Å². The lowest BCUT2D eigenvalue weighted by molar-refractivity contribution is -0.127. The highest BCUT2D eigenvalue weighted by atomic mass is 16.2. The maximum atomic E-state index is 13.2. The highest BCUT2D eigenvalue weighted by Crippen LogP contribution is 2.28. The molecule has 6 heteroatoms. The Hall–Kier alpha value is -2.37. The summed E-state index contributed by atoms with van der Waals surface area (Å²) in [5, 5.41) is 2.95. The van der Waals surface area contributed by atoms with E-state index in [2.05, 4.69) is 10.2 Å². The van der Waals surface area contributed by atoms with Gasteiger partial charge in [-0.15, -0.1) is 0 Å². The molecule has 0 bridgehead atoms. The van der Waals surface area contributed by atoms with Gasteiger partial charge in [-0.25, -0.2) is 4.99 Å². The van der Waals surface area contributed by atoms with Gasteiger partial charge in [0.05, 0.1) is 5.69 Å². The average Bonchev–Trinajstić information content (AvgIpc) is 3.13. The Morgan fingerprint density at radius 2 is 1.71 bits per heavy atom. The van der Waals surface area contributed by atoms with E-state index >= 15 is 0 Å². The summed E-state index contributed by atoms with van der Waals surface area (Å²) < 4.78 is 0. The number of rotatable bonds is 4. The van der Waals surface area contributed by atoms with Crippen LogP contribution in [0.2, 0.25) is 0 Å². The summed E-state index contributed by atoms with van der Waals surface area (Å²) in [6.07, 6.45) is 11.6. The molecule has 31 heavy (non-hydrogen) atoms. The van der Waals surface area contributed by atoms with Crippen molar-refractivity contribution >= 4 is 23.3 Å². The first-order chi connectivity index (χ1) is 15.1. The molecule has 2 fully saturated rings. The highest BCUT2D eigenvalue weighted by Gasteiger charge is 2.32. The first-order valence-electron chi connectivity index (χ1n) is 12.1. The molecule has 2 amide bonds. The predicted molar refractivity (Wildman–Crippen MR) is 124 cm³/mol. The average molecular weight is 425 g/mol. The molecule has 2 aliphatic heterocycles. The van der Waals surface area contributed by atoms with Gasteiger partial charge in [0.2, 0.25) is 12.1 Å². The van der Waals surface area contributed by atoms with E-state index in [-0.39, 0.29) is 11.8 Å². The topological polar surface area (TPSA) is 65.0 Å². The summed E-state index contributed by atoms with van der Waals surface area (Å²) in [5.41, 5.74) is 1.83. The van der Waals surface area contributed by atoms with Crippen LogP contribution in [0.5, 0.6) is 0 Å². The van der Waals surface area contributed by atoms with E-state index in [1.165, 1.54) is 44.9 Å². The molecule has 6 nitrogen and oxygen atoms in total. The van der Waals surface area contributed by atoms with E-state index in [9.17, 15) is 9.59 Å². The van der Waals surface area contributed by atoms with Crippen molar-refractivity contribution in [2.24, 2.45) is 10.9 Å². The zero-order chi connectivity index (χ0) is 21.6. The van der Waals surface area contributed by atoms with Crippen LogP contribution < -0.4 is 10.2 Å². The van der Waals surface area contributed by atoms with Crippen LogP contribution in [0.4, 0.5) is 5.69 Å². The third-order valence-electron chi connectivity index (χ3n) is 7.03. The maximum Gasteiger partial charge on any atom is 0.272 e. The Labute approximate surface area is 186 Å². The minimum absolute atomic E-state index is 0.0674. The van der Waals surface area contributed by atoms with Crippen LogP contribution in [-0.4, -0.2) is 48.9 Å². The fourth-order valence-electron chi connectivity index (χ4n) is 5.17. The number of carbonyl (C=O) groups excluding carboxylic acids is 2. The number of benzene rings is 1. The molecule has 1 unspecified atom stereocenters. The number of hydrogen-bond donors (Lipinski definition) is 1. The number of hydrogen-bond acceptors (Lipinski definition) is 4. The van der Waals surface area contributed by atoms with Gasteiger partial charge in [0, 0.05) is 32.1 Å². The van der Waals surface area contributed by atoms with Crippen LogP contribution in [0.3, 0.4) is 0 Å². The van der Waals surface area contributed by atoms with Crippen molar-refractivity contribution in [3.63, 3.8) is 0 Å². The maximum absolute atomic E-state index is 13.2. The Bertz CT molecular complexity index is 807. The first kappa shape index (κ1) is 21.8. The summed E-state index contributed by atoms with van der Waals surface area (Å²) in [6, 6.07) is 7.95. The van der Waals surface area contributed by atoms with Gasteiger partial charge >= 0.3 is 0 Å². The normalized spacial score (nSPS) is 22.9. The second-order valence-electron chi connectivity index (χ2n) is 9.28. The number of benzodiazepines with no additional fused rings is 1. The number of nitrogens with zero attached hydrogens (tertiary/aromatic N) is 3. The van der Waals surface area contributed by atoms with E-state index in [1.54, 1.807) is 11.9 Å². The molecule has 1 saturated heterocycles. The highest BCUT2D eigenvalue weighted by molar-refractivity contribution is 6.12. The van der Waals surface area contributed by atoms with Crippen LogP contribution in [-0.2, 0) is 9.59 Å². The van der Waals surface area contributed by atoms with Gasteiger partial charge < -0.3 is 15.1 Å². The van der Waals surface area contributed by atoms with Gasteiger partial charge in [0.25, 0.3) is 5.91 Å². The summed E-state index contributed by atoms with van der Waals surface area (Å²) >= 11 is 0. The van der Waals surface area contributed by atoms with Gasteiger partial charge in [0.15, 0.2) is 0 Å². The molecular weight excluding hydrogens is 388 g/mol. The number of likely N-dealkylation sites (tertiary alicyclic amines) is 1. The van der Waals surface area contributed by atoms with Crippen molar-refractivity contribution in [1.82, 2.24) is 10.2 Å². The van der Waals surface area contributed by atoms with Crippen molar-refractivity contribution in [2.45, 2.75) is 76.8 Å². The number of aliphatic imine (C=N–C) groups is 1. The van der Waals surface area contributed by atoms with Gasteiger partial charge in [-0.1, -0.05) is 57.1 Å². The number of likely N-dealkylation sites (N-methyl/N-ethyl adjacent to an activating group) is 1. The Balaban J connectivity index is 1.54. The number of carbonyl (C=O) groups is 2. The summed E-state index contributed by atoms with van der Waals surface area (Å²) in [7, 11) is 1.78. The van der Waals surface area contributed by atoms with Crippen molar-refractivity contribution in [3.05, 3.63) is 29.8 Å². The number of anilines is 1. The molecule has 0 aromatic heterocycles. The van der Waals surface area contributed by atoms with Gasteiger partial charge in [-0.2, -0.15) is 0 Å². The molecule has 0 spiro atoms. The molecule has 4 rings (SSSR count). The molecule has 2 heterocycles. The number of fused-ring (bicyclic) bond motifs is 1. The van der Waals surface area contributed by atoms with Crippen LogP contribution >= 0.6 is 0 Å². The minimum Gasteiger partial charge on any atom is -0.356 e. The van der Waals surface area contributed by atoms with Gasteiger partial charge in [-0.05, 0) is 37.3 Å². The molecule has 168 valence electrons. The third-order valence-corrected chi connectivity index (χ3v) is 7.03. The SMILES string of the molecule is CN1C(=O)C(NC(=O)CCC2CCCCC2)N=C(N2CCCCCC2)c2ccccc21. The lowest BCUT2D eigenvalue weighted by Gasteiger charge is -2.26. The van der Waals surface area contributed by atoms with Crippen molar-refractivity contribution in [1.29, 1.82) is 0 Å². The Kier molecular flexibility index (Phi) is 7.25. The zero-order valence-corrected chi connectivity index (χ0v) is 18.8. The lowest BCUT2D eigenvalue weighted by atomic mass is 9.86. The monoisotopic (exact) mass is 424 g/mol.